The molecule has 0 N–H and O–H groups in total. The van der Waals surface area contributed by atoms with Crippen molar-refractivity contribution >= 4 is 5.91 Å². The Morgan fingerprint density at radius 3 is 2.85 bits per heavy atom. The summed E-state index contributed by atoms with van der Waals surface area (Å²) >= 11 is 0. The van der Waals surface area contributed by atoms with Crippen molar-refractivity contribution in [3.63, 3.8) is 0 Å². The zero-order valence-electron chi connectivity index (χ0n) is 12.4. The van der Waals surface area contributed by atoms with Crippen molar-refractivity contribution < 1.29 is 9.32 Å². The first kappa shape index (κ1) is 13.4. The highest BCUT2D eigenvalue weighted by Gasteiger charge is 2.37. The molecular weight excluding hydrogens is 252 g/mol. The number of aromatic nitrogens is 1. The SMILES string of the molecule is CC1=CC[C@@H]2CN(C(=O)c3cc(C(C)C)on3)C[C@@H]2C1. The zero-order chi connectivity index (χ0) is 14.3. The van der Waals surface area contributed by atoms with Gasteiger partial charge in [-0.05, 0) is 31.6 Å². The van der Waals surface area contributed by atoms with Crippen LogP contribution in [0.4, 0.5) is 0 Å². The van der Waals surface area contributed by atoms with E-state index in [1.54, 1.807) is 6.07 Å². The highest BCUT2D eigenvalue weighted by atomic mass is 16.5. The molecule has 1 saturated heterocycles. The van der Waals surface area contributed by atoms with Crippen molar-refractivity contribution in [1.82, 2.24) is 10.1 Å². The Morgan fingerprint density at radius 1 is 1.40 bits per heavy atom. The van der Waals surface area contributed by atoms with Gasteiger partial charge in [0.2, 0.25) is 0 Å². The van der Waals surface area contributed by atoms with E-state index in [9.17, 15) is 4.79 Å². The molecule has 1 fully saturated rings. The fourth-order valence-electron chi connectivity index (χ4n) is 3.28. The second-order valence-electron chi connectivity index (χ2n) is 6.49. The van der Waals surface area contributed by atoms with Gasteiger partial charge in [-0.25, -0.2) is 0 Å². The van der Waals surface area contributed by atoms with Crippen molar-refractivity contribution in [3.8, 4) is 0 Å². The van der Waals surface area contributed by atoms with Crippen molar-refractivity contribution in [3.05, 3.63) is 29.2 Å². The summed E-state index contributed by atoms with van der Waals surface area (Å²) in [5, 5.41) is 3.94. The van der Waals surface area contributed by atoms with E-state index in [0.717, 1.165) is 31.7 Å². The van der Waals surface area contributed by atoms with Gasteiger partial charge in [0.25, 0.3) is 5.91 Å². The lowest BCUT2D eigenvalue weighted by atomic mass is 9.83. The molecule has 2 aliphatic rings. The van der Waals surface area contributed by atoms with E-state index >= 15 is 0 Å². The van der Waals surface area contributed by atoms with Gasteiger partial charge in [-0.1, -0.05) is 30.7 Å². The molecule has 0 bridgehead atoms. The quantitative estimate of drug-likeness (QED) is 0.778. The number of carbonyl (C=O) groups excluding carboxylic acids is 1. The van der Waals surface area contributed by atoms with Crippen LogP contribution in [0.15, 0.2) is 22.2 Å². The van der Waals surface area contributed by atoms with E-state index in [2.05, 4.69) is 18.2 Å². The van der Waals surface area contributed by atoms with Gasteiger partial charge in [-0.3, -0.25) is 4.79 Å². The fourth-order valence-corrected chi connectivity index (χ4v) is 3.28. The van der Waals surface area contributed by atoms with Crippen molar-refractivity contribution in [1.29, 1.82) is 0 Å². The smallest absolute Gasteiger partial charge is 0.276 e. The summed E-state index contributed by atoms with van der Waals surface area (Å²) in [7, 11) is 0. The molecule has 108 valence electrons. The summed E-state index contributed by atoms with van der Waals surface area (Å²) in [6.45, 7) is 7.98. The summed E-state index contributed by atoms with van der Waals surface area (Å²) in [4.78, 5) is 14.4. The number of rotatable bonds is 2. The number of nitrogens with zero attached hydrogens (tertiary/aromatic N) is 2. The van der Waals surface area contributed by atoms with Crippen molar-refractivity contribution in [2.75, 3.05) is 13.1 Å². The molecule has 0 saturated carbocycles. The maximum atomic E-state index is 12.5. The second kappa shape index (κ2) is 5.08. The van der Waals surface area contributed by atoms with Gasteiger partial charge in [0.05, 0.1) is 0 Å². The Labute approximate surface area is 119 Å². The van der Waals surface area contributed by atoms with Crippen LogP contribution < -0.4 is 0 Å². The minimum atomic E-state index is 0.0210. The maximum absolute atomic E-state index is 12.5. The Hall–Kier alpha value is -1.58. The first-order valence-electron chi connectivity index (χ1n) is 7.46. The number of fused-ring (bicyclic) bond motifs is 1. The molecule has 4 nitrogen and oxygen atoms in total. The van der Waals surface area contributed by atoms with Crippen LogP contribution in [0.25, 0.3) is 0 Å². The third-order valence-electron chi connectivity index (χ3n) is 4.53. The number of carbonyl (C=O) groups is 1. The molecule has 0 radical (unpaired) electrons. The number of amides is 1. The van der Waals surface area contributed by atoms with E-state index in [4.69, 9.17) is 4.52 Å². The van der Waals surface area contributed by atoms with E-state index in [1.165, 1.54) is 5.57 Å². The molecule has 3 rings (SSSR count). The van der Waals surface area contributed by atoms with Gasteiger partial charge in [-0.15, -0.1) is 0 Å². The van der Waals surface area contributed by atoms with Crippen LogP contribution in [0.3, 0.4) is 0 Å². The molecule has 1 aliphatic heterocycles. The van der Waals surface area contributed by atoms with Gasteiger partial charge in [0.15, 0.2) is 5.69 Å². The fraction of sp³-hybridized carbons (Fsp3) is 0.625. The van der Waals surface area contributed by atoms with Crippen LogP contribution in [-0.2, 0) is 0 Å². The summed E-state index contributed by atoms with van der Waals surface area (Å²) in [5.74, 6) is 2.31. The molecule has 4 heteroatoms. The summed E-state index contributed by atoms with van der Waals surface area (Å²) < 4.78 is 5.23. The van der Waals surface area contributed by atoms with Crippen LogP contribution in [0.5, 0.6) is 0 Å². The second-order valence-corrected chi connectivity index (χ2v) is 6.49. The van der Waals surface area contributed by atoms with E-state index in [1.807, 2.05) is 18.7 Å². The highest BCUT2D eigenvalue weighted by molar-refractivity contribution is 5.92. The number of hydrogen-bond donors (Lipinski definition) is 0. The Bertz CT molecular complexity index is 544. The average Bonchev–Trinajstić information content (AvgIpc) is 3.03. The largest absolute Gasteiger partial charge is 0.360 e. The summed E-state index contributed by atoms with van der Waals surface area (Å²) in [6, 6.07) is 1.79. The molecule has 1 amide bonds. The minimum Gasteiger partial charge on any atom is -0.360 e. The monoisotopic (exact) mass is 274 g/mol. The van der Waals surface area contributed by atoms with Crippen molar-refractivity contribution in [2.24, 2.45) is 11.8 Å². The van der Waals surface area contributed by atoms with E-state index < -0.39 is 0 Å². The third-order valence-corrected chi connectivity index (χ3v) is 4.53. The first-order chi connectivity index (χ1) is 9.54. The molecule has 1 aliphatic carbocycles. The lowest BCUT2D eigenvalue weighted by Crippen LogP contribution is -2.29. The van der Waals surface area contributed by atoms with Gasteiger partial charge in [0.1, 0.15) is 5.76 Å². The Morgan fingerprint density at radius 2 is 2.15 bits per heavy atom. The van der Waals surface area contributed by atoms with Crippen molar-refractivity contribution in [2.45, 2.75) is 39.5 Å². The molecule has 1 aromatic rings. The number of likely N-dealkylation sites (tertiary alicyclic amines) is 1. The molecule has 1 aromatic heterocycles. The van der Waals surface area contributed by atoms with E-state index in [0.29, 0.717) is 17.5 Å². The standard InChI is InChI=1S/C16H22N2O2/c1-10(2)15-7-14(17-20-15)16(19)18-8-12-5-4-11(3)6-13(12)9-18/h4,7,10,12-13H,5-6,8-9H2,1-3H3/t12-,13+/m1/s1. The topological polar surface area (TPSA) is 46.3 Å². The van der Waals surface area contributed by atoms with Crippen LogP contribution in [-0.4, -0.2) is 29.1 Å². The van der Waals surface area contributed by atoms with Crippen LogP contribution in [0.1, 0.15) is 55.8 Å². The Kier molecular flexibility index (Phi) is 3.40. The third kappa shape index (κ3) is 2.39. The molecule has 2 atom stereocenters. The van der Waals surface area contributed by atoms with E-state index in [-0.39, 0.29) is 11.8 Å². The Balaban J connectivity index is 1.70. The molecule has 0 unspecified atom stereocenters. The predicted octanol–water partition coefficient (Wildman–Crippen LogP) is 3.23. The summed E-state index contributed by atoms with van der Waals surface area (Å²) in [6.07, 6.45) is 4.56. The first-order valence-corrected chi connectivity index (χ1v) is 7.46. The molecule has 0 spiro atoms. The van der Waals surface area contributed by atoms with Gasteiger partial charge < -0.3 is 9.42 Å². The zero-order valence-corrected chi connectivity index (χ0v) is 12.4. The average molecular weight is 274 g/mol. The molecule has 2 heterocycles. The molecule has 0 aromatic carbocycles. The van der Waals surface area contributed by atoms with Crippen LogP contribution in [0.2, 0.25) is 0 Å². The number of hydrogen-bond acceptors (Lipinski definition) is 3. The van der Waals surface area contributed by atoms with Crippen LogP contribution in [0, 0.1) is 11.8 Å². The number of allylic oxidation sites excluding steroid dienone is 2. The van der Waals surface area contributed by atoms with Gasteiger partial charge in [-0.2, -0.15) is 0 Å². The van der Waals surface area contributed by atoms with Gasteiger partial charge >= 0.3 is 0 Å². The van der Waals surface area contributed by atoms with Gasteiger partial charge in [0, 0.05) is 25.1 Å². The lowest BCUT2D eigenvalue weighted by Gasteiger charge is -2.21. The maximum Gasteiger partial charge on any atom is 0.276 e. The predicted molar refractivity (Wildman–Crippen MR) is 76.5 cm³/mol. The van der Waals surface area contributed by atoms with Crippen LogP contribution >= 0.6 is 0 Å². The summed E-state index contributed by atoms with van der Waals surface area (Å²) in [5.41, 5.74) is 1.92. The highest BCUT2D eigenvalue weighted by Crippen LogP contribution is 2.36. The molecular formula is C16H22N2O2. The minimum absolute atomic E-state index is 0.0210. The molecule has 20 heavy (non-hydrogen) atoms. The normalized spacial score (nSPS) is 25.8. The lowest BCUT2D eigenvalue weighted by molar-refractivity contribution is 0.0773.